The molecule has 1 aliphatic rings. The van der Waals surface area contributed by atoms with Gasteiger partial charge in [0.1, 0.15) is 24.1 Å². The lowest BCUT2D eigenvalue weighted by atomic mass is 9.99. The topological polar surface area (TPSA) is 88.1 Å². The van der Waals surface area contributed by atoms with E-state index in [1.165, 1.54) is 0 Å². The second kappa shape index (κ2) is 11.8. The minimum Gasteiger partial charge on any atom is -0.496 e. The highest BCUT2D eigenvalue weighted by Gasteiger charge is 2.34. The third kappa shape index (κ3) is 5.50. The maximum absolute atomic E-state index is 13.9. The van der Waals surface area contributed by atoms with E-state index in [4.69, 9.17) is 9.47 Å². The van der Waals surface area contributed by atoms with Gasteiger partial charge in [-0.2, -0.15) is 0 Å². The van der Waals surface area contributed by atoms with Crippen molar-refractivity contribution in [3.8, 4) is 11.5 Å². The van der Waals surface area contributed by atoms with Crippen LogP contribution in [0.1, 0.15) is 31.7 Å². The van der Waals surface area contributed by atoms with Gasteiger partial charge in [-0.05, 0) is 60.4 Å². The van der Waals surface area contributed by atoms with E-state index < -0.39 is 6.04 Å². The molecule has 8 heteroatoms. The molecule has 0 fully saturated rings. The number of carbonyl (C=O) groups excluding carboxylic acids is 2. The molecule has 0 aromatic heterocycles. The van der Waals surface area contributed by atoms with Crippen LogP contribution in [0.4, 0.5) is 5.69 Å². The Hall–Kier alpha value is -3.10. The van der Waals surface area contributed by atoms with Crippen LogP contribution in [0.3, 0.4) is 0 Å². The predicted octanol–water partition coefficient (Wildman–Crippen LogP) is 4.82. The van der Waals surface area contributed by atoms with Gasteiger partial charge in [-0.15, -0.1) is 0 Å². The Morgan fingerprint density at radius 2 is 2.06 bits per heavy atom. The monoisotopic (exact) mass is 554 g/mol. The molecule has 36 heavy (non-hydrogen) atoms. The Morgan fingerprint density at radius 3 is 2.81 bits per heavy atom. The van der Waals surface area contributed by atoms with Crippen molar-refractivity contribution < 1.29 is 24.2 Å². The zero-order chi connectivity index (χ0) is 25.7. The smallest absolute Gasteiger partial charge is 0.253 e. The van der Waals surface area contributed by atoms with E-state index >= 15 is 0 Å². The van der Waals surface area contributed by atoms with Crippen LogP contribution in [0.5, 0.6) is 11.5 Å². The fourth-order valence-electron chi connectivity index (χ4n) is 4.63. The number of fused-ring (bicyclic) bond motifs is 2. The molecule has 1 heterocycles. The third-order valence-corrected chi connectivity index (χ3v) is 7.10. The largest absolute Gasteiger partial charge is 0.496 e. The van der Waals surface area contributed by atoms with Crippen molar-refractivity contribution in [2.24, 2.45) is 5.92 Å². The number of nitrogens with one attached hydrogen (secondary N) is 1. The number of hydrogen-bond donors (Lipinski definition) is 2. The molecule has 3 aromatic rings. The maximum atomic E-state index is 13.9. The summed E-state index contributed by atoms with van der Waals surface area (Å²) in [4.78, 5) is 28.6. The number of amides is 2. The van der Waals surface area contributed by atoms with E-state index in [0.717, 1.165) is 20.8 Å². The van der Waals surface area contributed by atoms with Crippen LogP contribution in [0, 0.1) is 5.92 Å². The summed E-state index contributed by atoms with van der Waals surface area (Å²) in [5, 5.41) is 14.1. The molecule has 0 unspecified atom stereocenters. The first-order valence-electron chi connectivity index (χ1n) is 12.2. The second-order valence-electron chi connectivity index (χ2n) is 8.85. The Kier molecular flexibility index (Phi) is 8.48. The molecule has 7 nitrogen and oxygen atoms in total. The van der Waals surface area contributed by atoms with Gasteiger partial charge in [0.15, 0.2) is 0 Å². The number of methoxy groups -OCH3 is 1. The van der Waals surface area contributed by atoms with Gasteiger partial charge >= 0.3 is 0 Å². The number of hydrogen-bond acceptors (Lipinski definition) is 5. The van der Waals surface area contributed by atoms with Crippen molar-refractivity contribution in [3.63, 3.8) is 0 Å². The molecular formula is C28H31BrN2O5. The van der Waals surface area contributed by atoms with Crippen LogP contribution >= 0.6 is 15.9 Å². The zero-order valence-corrected chi connectivity index (χ0v) is 22.1. The van der Waals surface area contributed by atoms with Crippen LogP contribution < -0.4 is 19.7 Å². The molecule has 0 spiro atoms. The lowest BCUT2D eigenvalue weighted by Crippen LogP contribution is -2.51. The number of halogens is 1. The Morgan fingerprint density at radius 1 is 1.25 bits per heavy atom. The minimum absolute atomic E-state index is 0.0295. The van der Waals surface area contributed by atoms with E-state index in [1.54, 1.807) is 12.0 Å². The number of carbonyl (C=O) groups is 2. The number of benzene rings is 3. The molecule has 0 saturated carbocycles. The second-order valence-corrected chi connectivity index (χ2v) is 9.76. The van der Waals surface area contributed by atoms with Gasteiger partial charge < -0.3 is 24.8 Å². The number of rotatable bonds is 9. The van der Waals surface area contributed by atoms with Crippen LogP contribution in [0.25, 0.3) is 10.8 Å². The van der Waals surface area contributed by atoms with Crippen LogP contribution in [0.15, 0.2) is 59.1 Å². The number of para-hydroxylation sites is 2. The number of nitrogens with zero attached hydrogens (tertiary/aromatic N) is 1. The summed E-state index contributed by atoms with van der Waals surface area (Å²) in [6.45, 7) is 2.24. The highest BCUT2D eigenvalue weighted by Crippen LogP contribution is 2.36. The molecule has 0 aliphatic carbocycles. The molecule has 190 valence electrons. The molecule has 1 aliphatic heterocycles. The molecule has 0 saturated heterocycles. The Balaban J connectivity index is 1.70. The van der Waals surface area contributed by atoms with Crippen molar-refractivity contribution in [1.29, 1.82) is 0 Å². The van der Waals surface area contributed by atoms with E-state index in [9.17, 15) is 14.7 Å². The van der Waals surface area contributed by atoms with Gasteiger partial charge in [0, 0.05) is 22.6 Å². The molecule has 2 amide bonds. The summed E-state index contributed by atoms with van der Waals surface area (Å²) in [5.41, 5.74) is 1.51. The van der Waals surface area contributed by atoms with Gasteiger partial charge in [0.25, 0.3) is 5.91 Å². The fourth-order valence-corrected chi connectivity index (χ4v) is 5.00. The van der Waals surface area contributed by atoms with Gasteiger partial charge in [-0.25, -0.2) is 0 Å². The highest BCUT2D eigenvalue weighted by molar-refractivity contribution is 9.10. The summed E-state index contributed by atoms with van der Waals surface area (Å²) in [5.74, 6) is 0.529. The van der Waals surface area contributed by atoms with E-state index in [0.29, 0.717) is 36.4 Å². The number of aliphatic hydroxyl groups is 1. The molecular weight excluding hydrogens is 524 g/mol. The van der Waals surface area contributed by atoms with Crippen LogP contribution in [-0.4, -0.2) is 43.3 Å². The van der Waals surface area contributed by atoms with Crippen molar-refractivity contribution in [2.75, 3.05) is 25.2 Å². The van der Waals surface area contributed by atoms with Crippen molar-refractivity contribution in [3.05, 3.63) is 64.6 Å². The average Bonchev–Trinajstić information content (AvgIpc) is 3.01. The van der Waals surface area contributed by atoms with Crippen molar-refractivity contribution in [2.45, 2.75) is 38.8 Å². The first-order chi connectivity index (χ1) is 17.5. The number of aliphatic hydroxyl groups excluding tert-OH is 1. The third-order valence-electron chi connectivity index (χ3n) is 6.60. The molecule has 2 atom stereocenters. The molecule has 3 aromatic carbocycles. The van der Waals surface area contributed by atoms with Gasteiger partial charge in [-0.3, -0.25) is 9.59 Å². The van der Waals surface area contributed by atoms with E-state index in [-0.39, 0.29) is 37.5 Å². The first-order valence-corrected chi connectivity index (χ1v) is 13.0. The minimum atomic E-state index is -0.844. The normalized spacial score (nSPS) is 16.2. The molecule has 0 radical (unpaired) electrons. The van der Waals surface area contributed by atoms with Gasteiger partial charge in [0.2, 0.25) is 5.91 Å². The van der Waals surface area contributed by atoms with Crippen LogP contribution in [0.2, 0.25) is 0 Å². The van der Waals surface area contributed by atoms with E-state index in [2.05, 4.69) is 21.2 Å². The SMILES string of the molecule is CC[C@H](CCCO)C(=O)N[C@H]1COc2ccccc2N(Cc2c(OC)ccc3cc(Br)ccc23)C1=O. The summed E-state index contributed by atoms with van der Waals surface area (Å²) in [7, 11) is 1.62. The van der Waals surface area contributed by atoms with Gasteiger partial charge in [0.05, 0.1) is 19.3 Å². The maximum Gasteiger partial charge on any atom is 0.253 e. The Bertz CT molecular complexity index is 1250. The summed E-state index contributed by atoms with van der Waals surface area (Å²) < 4.78 is 12.6. The first kappa shape index (κ1) is 26.0. The highest BCUT2D eigenvalue weighted by atomic mass is 79.9. The quantitative estimate of drug-likeness (QED) is 0.396. The van der Waals surface area contributed by atoms with Gasteiger partial charge in [-0.1, -0.05) is 47.1 Å². The number of ether oxygens (including phenoxy) is 2. The predicted molar refractivity (Wildman–Crippen MR) is 143 cm³/mol. The summed E-state index contributed by atoms with van der Waals surface area (Å²) in [6.07, 6.45) is 1.73. The van der Waals surface area contributed by atoms with Crippen molar-refractivity contribution in [1.82, 2.24) is 5.32 Å². The lowest BCUT2D eigenvalue weighted by Gasteiger charge is -2.27. The summed E-state index contributed by atoms with van der Waals surface area (Å²) >= 11 is 3.53. The zero-order valence-electron chi connectivity index (χ0n) is 20.5. The fraction of sp³-hybridized carbons (Fsp3) is 0.357. The molecule has 4 rings (SSSR count). The van der Waals surface area contributed by atoms with Crippen LogP contribution in [-0.2, 0) is 16.1 Å². The van der Waals surface area contributed by atoms with Crippen molar-refractivity contribution >= 4 is 44.2 Å². The molecule has 0 bridgehead atoms. The lowest BCUT2D eigenvalue weighted by molar-refractivity contribution is -0.130. The van der Waals surface area contributed by atoms with E-state index in [1.807, 2.05) is 61.5 Å². The standard InChI is InChI=1S/C28H31BrN2O5/c1-3-18(7-6-14-32)27(33)30-23-17-36-26-9-5-4-8-24(26)31(28(23)34)16-22-21-12-11-20(29)15-19(21)10-13-25(22)35-2/h4-5,8-13,15,18,23,32H,3,6-7,14,16-17H2,1-2H3,(H,30,33)/t18-,23+/m1/s1. The average molecular weight is 555 g/mol. The summed E-state index contributed by atoms with van der Waals surface area (Å²) in [6, 6.07) is 16.4. The number of anilines is 1. The molecule has 2 N–H and O–H groups in total. The Labute approximate surface area is 219 Å².